The number of carbonyl (C=O) groups excluding carboxylic acids is 1. The normalized spacial score (nSPS) is 9.50. The van der Waals surface area contributed by atoms with E-state index in [2.05, 4.69) is 5.32 Å². The van der Waals surface area contributed by atoms with Crippen molar-refractivity contribution in [1.82, 2.24) is 14.9 Å². The third kappa shape index (κ3) is 2.57. The number of amides is 1. The lowest BCUT2D eigenvalue weighted by Crippen LogP contribution is -2.36. The number of nitriles is 1. The quantitative estimate of drug-likeness (QED) is 0.651. The monoisotopic (exact) mass is 222 g/mol. The number of H-pyrrole nitrogens is 1. The summed E-state index contributed by atoms with van der Waals surface area (Å²) >= 11 is 0. The molecule has 0 saturated carbocycles. The number of nitrogens with zero attached hydrogens (tertiary/aromatic N) is 2. The number of likely N-dealkylation sites (N-methyl/N-ethyl adjacent to an activating group) is 1. The summed E-state index contributed by atoms with van der Waals surface area (Å²) in [5, 5.41) is 11.1. The molecule has 0 aliphatic carbocycles. The Kier molecular flexibility index (Phi) is 3.61. The summed E-state index contributed by atoms with van der Waals surface area (Å²) in [4.78, 5) is 35.5. The largest absolute Gasteiger partial charge is 0.355 e. The van der Waals surface area contributed by atoms with Gasteiger partial charge in [-0.1, -0.05) is 0 Å². The van der Waals surface area contributed by atoms with Gasteiger partial charge in [-0.25, -0.2) is 4.79 Å². The minimum Gasteiger partial charge on any atom is -0.355 e. The molecule has 0 fully saturated rings. The van der Waals surface area contributed by atoms with E-state index in [4.69, 9.17) is 5.26 Å². The highest BCUT2D eigenvalue weighted by Crippen LogP contribution is 1.85. The molecule has 16 heavy (non-hydrogen) atoms. The van der Waals surface area contributed by atoms with Crippen LogP contribution in [0.4, 0.5) is 0 Å². The number of hydrogen-bond donors (Lipinski definition) is 2. The minimum absolute atomic E-state index is 0.205. The zero-order valence-electron chi connectivity index (χ0n) is 8.61. The summed E-state index contributed by atoms with van der Waals surface area (Å²) in [6.45, 7) is 1.97. The molecule has 1 amide bonds. The van der Waals surface area contributed by atoms with Crippen LogP contribution in [-0.4, -0.2) is 22.0 Å². The van der Waals surface area contributed by atoms with Crippen LogP contribution in [0.1, 0.15) is 12.5 Å². The molecule has 0 spiro atoms. The number of hydrogen-bond acceptors (Lipinski definition) is 4. The van der Waals surface area contributed by atoms with Crippen molar-refractivity contribution in [2.75, 3.05) is 6.54 Å². The second-order valence-electron chi connectivity index (χ2n) is 3.00. The molecule has 0 unspecified atom stereocenters. The SMILES string of the molecule is CCNC(=O)Cn1cc(C#N)c(=O)[nH]c1=O. The molecule has 1 aromatic heterocycles. The van der Waals surface area contributed by atoms with E-state index in [0.717, 1.165) is 10.8 Å². The Bertz CT molecular complexity index is 549. The van der Waals surface area contributed by atoms with Crippen LogP contribution in [0.25, 0.3) is 0 Å². The van der Waals surface area contributed by atoms with Gasteiger partial charge in [-0.2, -0.15) is 5.26 Å². The number of aromatic amines is 1. The molecule has 1 aromatic rings. The number of nitrogens with one attached hydrogen (secondary N) is 2. The maximum absolute atomic E-state index is 11.3. The molecule has 1 heterocycles. The molecule has 0 radical (unpaired) electrons. The second-order valence-corrected chi connectivity index (χ2v) is 3.00. The van der Waals surface area contributed by atoms with Crippen molar-refractivity contribution in [3.63, 3.8) is 0 Å². The van der Waals surface area contributed by atoms with Gasteiger partial charge in [0.05, 0.1) is 0 Å². The Hall–Kier alpha value is -2.36. The van der Waals surface area contributed by atoms with Gasteiger partial charge < -0.3 is 5.32 Å². The Morgan fingerprint density at radius 1 is 1.62 bits per heavy atom. The van der Waals surface area contributed by atoms with Crippen molar-refractivity contribution in [2.45, 2.75) is 13.5 Å². The Balaban J connectivity index is 3.07. The molecular weight excluding hydrogens is 212 g/mol. The number of carbonyl (C=O) groups is 1. The van der Waals surface area contributed by atoms with Gasteiger partial charge in [0.15, 0.2) is 0 Å². The predicted molar refractivity (Wildman–Crippen MR) is 54.7 cm³/mol. The van der Waals surface area contributed by atoms with E-state index < -0.39 is 11.2 Å². The summed E-state index contributed by atoms with van der Waals surface area (Å²) in [7, 11) is 0. The van der Waals surface area contributed by atoms with E-state index in [0.29, 0.717) is 6.54 Å². The highest BCUT2D eigenvalue weighted by molar-refractivity contribution is 5.75. The smallest absolute Gasteiger partial charge is 0.328 e. The Labute approximate surface area is 90.3 Å². The van der Waals surface area contributed by atoms with Crippen molar-refractivity contribution in [3.05, 3.63) is 32.6 Å². The molecule has 2 N–H and O–H groups in total. The summed E-state index contributed by atoms with van der Waals surface area (Å²) in [6.07, 6.45) is 1.07. The number of rotatable bonds is 3. The Morgan fingerprint density at radius 3 is 2.88 bits per heavy atom. The van der Waals surface area contributed by atoms with E-state index in [1.165, 1.54) is 0 Å². The fourth-order valence-electron chi connectivity index (χ4n) is 1.11. The molecule has 7 nitrogen and oxygen atoms in total. The standard InChI is InChI=1S/C9H10N4O3/c1-2-11-7(14)5-13-4-6(3-10)8(15)12-9(13)16/h4H,2,5H2,1H3,(H,11,14)(H,12,15,16). The van der Waals surface area contributed by atoms with E-state index >= 15 is 0 Å². The molecule has 0 saturated heterocycles. The van der Waals surface area contributed by atoms with Crippen LogP contribution in [-0.2, 0) is 11.3 Å². The van der Waals surface area contributed by atoms with Crippen LogP contribution >= 0.6 is 0 Å². The first-order valence-electron chi connectivity index (χ1n) is 4.59. The van der Waals surface area contributed by atoms with Gasteiger partial charge in [-0.15, -0.1) is 0 Å². The fourth-order valence-corrected chi connectivity index (χ4v) is 1.11. The van der Waals surface area contributed by atoms with E-state index in [1.54, 1.807) is 13.0 Å². The van der Waals surface area contributed by atoms with E-state index in [-0.39, 0.29) is 18.0 Å². The zero-order chi connectivity index (χ0) is 12.1. The van der Waals surface area contributed by atoms with E-state index in [9.17, 15) is 14.4 Å². The maximum Gasteiger partial charge on any atom is 0.328 e. The van der Waals surface area contributed by atoms with Crippen molar-refractivity contribution in [3.8, 4) is 6.07 Å². The van der Waals surface area contributed by atoms with E-state index in [1.807, 2.05) is 4.98 Å². The van der Waals surface area contributed by atoms with Gasteiger partial charge in [0.1, 0.15) is 18.2 Å². The van der Waals surface area contributed by atoms with Gasteiger partial charge in [0.2, 0.25) is 5.91 Å². The molecule has 0 aliphatic rings. The lowest BCUT2D eigenvalue weighted by atomic mass is 10.3. The van der Waals surface area contributed by atoms with Crippen LogP contribution < -0.4 is 16.6 Å². The molecule has 84 valence electrons. The highest BCUT2D eigenvalue weighted by atomic mass is 16.2. The maximum atomic E-state index is 11.3. The summed E-state index contributed by atoms with van der Waals surface area (Å²) in [5.41, 5.74) is -1.67. The van der Waals surface area contributed by atoms with Crippen molar-refractivity contribution < 1.29 is 4.79 Å². The van der Waals surface area contributed by atoms with Crippen LogP contribution in [0.15, 0.2) is 15.8 Å². The van der Waals surface area contributed by atoms with Crippen LogP contribution in [0, 0.1) is 11.3 Å². The zero-order valence-corrected chi connectivity index (χ0v) is 8.61. The average molecular weight is 222 g/mol. The predicted octanol–water partition coefficient (Wildman–Crippen LogP) is -1.46. The van der Waals surface area contributed by atoms with Gasteiger partial charge in [-0.3, -0.25) is 19.1 Å². The van der Waals surface area contributed by atoms with Crippen molar-refractivity contribution in [2.24, 2.45) is 0 Å². The molecule has 0 aliphatic heterocycles. The first kappa shape index (κ1) is 11.7. The summed E-state index contributed by atoms with van der Waals surface area (Å²) < 4.78 is 0.977. The molecule has 1 rings (SSSR count). The topological polar surface area (TPSA) is 108 Å². The minimum atomic E-state index is -0.750. The van der Waals surface area contributed by atoms with Gasteiger partial charge in [0.25, 0.3) is 5.56 Å². The van der Waals surface area contributed by atoms with Gasteiger partial charge in [-0.05, 0) is 6.92 Å². The fraction of sp³-hybridized carbons (Fsp3) is 0.333. The molecular formula is C9H10N4O3. The van der Waals surface area contributed by atoms with Crippen LogP contribution in [0.2, 0.25) is 0 Å². The average Bonchev–Trinajstić information content (AvgIpc) is 2.22. The lowest BCUT2D eigenvalue weighted by molar-refractivity contribution is -0.121. The van der Waals surface area contributed by atoms with Crippen LogP contribution in [0.3, 0.4) is 0 Å². The molecule has 0 aromatic carbocycles. The van der Waals surface area contributed by atoms with Crippen molar-refractivity contribution in [1.29, 1.82) is 5.26 Å². The first-order chi connectivity index (χ1) is 7.58. The third-order valence-corrected chi connectivity index (χ3v) is 1.82. The lowest BCUT2D eigenvalue weighted by Gasteiger charge is -2.04. The second kappa shape index (κ2) is 4.93. The summed E-state index contributed by atoms with van der Waals surface area (Å²) in [5.74, 6) is -0.361. The molecule has 7 heteroatoms. The summed E-state index contributed by atoms with van der Waals surface area (Å²) in [6, 6.07) is 1.63. The first-order valence-corrected chi connectivity index (χ1v) is 4.59. The van der Waals surface area contributed by atoms with Crippen LogP contribution in [0.5, 0.6) is 0 Å². The highest BCUT2D eigenvalue weighted by Gasteiger charge is 2.07. The van der Waals surface area contributed by atoms with Gasteiger partial charge in [0, 0.05) is 12.7 Å². The molecule has 0 bridgehead atoms. The third-order valence-electron chi connectivity index (χ3n) is 1.82. The van der Waals surface area contributed by atoms with Gasteiger partial charge >= 0.3 is 5.69 Å². The Morgan fingerprint density at radius 2 is 2.31 bits per heavy atom. The molecule has 0 atom stereocenters. The van der Waals surface area contributed by atoms with Crippen molar-refractivity contribution >= 4 is 5.91 Å². The number of aromatic nitrogens is 2.